The summed E-state index contributed by atoms with van der Waals surface area (Å²) >= 11 is 0. The fourth-order valence-electron chi connectivity index (χ4n) is 2.33. The van der Waals surface area contributed by atoms with E-state index in [1.54, 1.807) is 19.3 Å². The summed E-state index contributed by atoms with van der Waals surface area (Å²) in [6.45, 7) is 2.34. The van der Waals surface area contributed by atoms with E-state index in [4.69, 9.17) is 0 Å². The quantitative estimate of drug-likeness (QED) is 0.486. The van der Waals surface area contributed by atoms with Gasteiger partial charge < -0.3 is 0 Å². The summed E-state index contributed by atoms with van der Waals surface area (Å²) in [7, 11) is 0. The molecule has 0 aromatic rings. The van der Waals surface area contributed by atoms with Gasteiger partial charge in [-0.25, -0.2) is 0 Å². The summed E-state index contributed by atoms with van der Waals surface area (Å²) in [4.78, 5) is 0. The predicted molar refractivity (Wildman–Crippen MR) is 34.6 cm³/mol. The van der Waals surface area contributed by atoms with Crippen LogP contribution in [0.3, 0.4) is 0 Å². The van der Waals surface area contributed by atoms with E-state index in [2.05, 4.69) is 6.92 Å². The van der Waals surface area contributed by atoms with Gasteiger partial charge in [-0.15, -0.1) is 0 Å². The zero-order valence-corrected chi connectivity index (χ0v) is 5.56. The van der Waals surface area contributed by atoms with Gasteiger partial charge in [0.1, 0.15) is 0 Å². The SMILES string of the molecule is CC[C@@H]1CC[C@@H]2C[C@H]12. The Morgan fingerprint density at radius 3 is 2.50 bits per heavy atom. The lowest BCUT2D eigenvalue weighted by atomic mass is 10.0. The summed E-state index contributed by atoms with van der Waals surface area (Å²) in [5.41, 5.74) is 0. The van der Waals surface area contributed by atoms with Crippen LogP contribution in [0, 0.1) is 17.8 Å². The van der Waals surface area contributed by atoms with E-state index in [1.165, 1.54) is 18.3 Å². The van der Waals surface area contributed by atoms with Crippen LogP contribution >= 0.6 is 0 Å². The van der Waals surface area contributed by atoms with Gasteiger partial charge in [-0.2, -0.15) is 0 Å². The van der Waals surface area contributed by atoms with Gasteiger partial charge in [0.2, 0.25) is 0 Å². The molecular weight excluding hydrogens is 96.1 g/mol. The van der Waals surface area contributed by atoms with Gasteiger partial charge >= 0.3 is 0 Å². The number of hydrogen-bond acceptors (Lipinski definition) is 0. The Kier molecular flexibility index (Phi) is 0.902. The average molecular weight is 110 g/mol. The van der Waals surface area contributed by atoms with Crippen molar-refractivity contribution in [2.75, 3.05) is 0 Å². The molecule has 2 saturated carbocycles. The van der Waals surface area contributed by atoms with Crippen LogP contribution in [0.2, 0.25) is 0 Å². The molecule has 0 aromatic carbocycles. The van der Waals surface area contributed by atoms with Gasteiger partial charge in [-0.3, -0.25) is 0 Å². The second-order valence-corrected chi connectivity index (χ2v) is 3.41. The number of rotatable bonds is 1. The first-order valence-corrected chi connectivity index (χ1v) is 3.92. The normalized spacial score (nSPS) is 51.4. The largest absolute Gasteiger partial charge is 0.0651 e. The topological polar surface area (TPSA) is 0 Å². The first-order valence-electron chi connectivity index (χ1n) is 3.92. The Balaban J connectivity index is 1.97. The third kappa shape index (κ3) is 0.519. The highest BCUT2D eigenvalue weighted by molar-refractivity contribution is 4.96. The second-order valence-electron chi connectivity index (χ2n) is 3.41. The third-order valence-electron chi connectivity index (χ3n) is 3.02. The molecule has 0 radical (unpaired) electrons. The summed E-state index contributed by atoms with van der Waals surface area (Å²) in [5.74, 6) is 3.53. The minimum atomic E-state index is 1.14. The molecule has 0 aromatic heterocycles. The highest BCUT2D eigenvalue weighted by atomic mass is 14.5. The van der Waals surface area contributed by atoms with E-state index >= 15 is 0 Å². The molecule has 0 spiro atoms. The summed E-state index contributed by atoms with van der Waals surface area (Å²) in [6.07, 6.45) is 6.13. The third-order valence-corrected chi connectivity index (χ3v) is 3.02. The minimum Gasteiger partial charge on any atom is -0.0651 e. The standard InChI is InChI=1S/C8H14/c1-2-6-3-4-7-5-8(6)7/h6-8H,2-5H2,1H3/t6-,7-,8-/m1/s1. The van der Waals surface area contributed by atoms with Crippen molar-refractivity contribution in [1.29, 1.82) is 0 Å². The van der Waals surface area contributed by atoms with Crippen LogP contribution in [0.5, 0.6) is 0 Å². The van der Waals surface area contributed by atoms with Gasteiger partial charge in [0.25, 0.3) is 0 Å². The Labute approximate surface area is 51.3 Å². The zero-order valence-electron chi connectivity index (χ0n) is 5.56. The Hall–Kier alpha value is 0. The van der Waals surface area contributed by atoms with Crippen LogP contribution in [-0.4, -0.2) is 0 Å². The maximum absolute atomic E-state index is 2.34. The van der Waals surface area contributed by atoms with Crippen molar-refractivity contribution in [1.82, 2.24) is 0 Å². The van der Waals surface area contributed by atoms with Gasteiger partial charge in [0.05, 0.1) is 0 Å². The number of fused-ring (bicyclic) bond motifs is 1. The highest BCUT2D eigenvalue weighted by Gasteiger charge is 2.46. The van der Waals surface area contributed by atoms with Crippen molar-refractivity contribution in [3.8, 4) is 0 Å². The van der Waals surface area contributed by atoms with Gasteiger partial charge in [-0.1, -0.05) is 13.3 Å². The Bertz CT molecular complexity index is 96.2. The lowest BCUT2D eigenvalue weighted by Gasteiger charge is -2.04. The molecule has 0 bridgehead atoms. The van der Waals surface area contributed by atoms with Crippen LogP contribution in [0.15, 0.2) is 0 Å². The minimum absolute atomic E-state index is 1.14. The van der Waals surface area contributed by atoms with E-state index in [1.807, 2.05) is 0 Å². The summed E-state index contributed by atoms with van der Waals surface area (Å²) in [5, 5.41) is 0. The lowest BCUT2D eigenvalue weighted by molar-refractivity contribution is 0.465. The molecule has 8 heavy (non-hydrogen) atoms. The molecular formula is C8H14. The average Bonchev–Trinajstić information content (AvgIpc) is 2.46. The molecule has 0 unspecified atom stereocenters. The van der Waals surface area contributed by atoms with Crippen LogP contribution < -0.4 is 0 Å². The van der Waals surface area contributed by atoms with Crippen molar-refractivity contribution < 1.29 is 0 Å². The van der Waals surface area contributed by atoms with Crippen molar-refractivity contribution in [3.05, 3.63) is 0 Å². The maximum atomic E-state index is 2.34. The van der Waals surface area contributed by atoms with Crippen molar-refractivity contribution in [3.63, 3.8) is 0 Å². The molecule has 0 saturated heterocycles. The van der Waals surface area contributed by atoms with E-state index < -0.39 is 0 Å². The van der Waals surface area contributed by atoms with Crippen molar-refractivity contribution in [2.45, 2.75) is 32.6 Å². The highest BCUT2D eigenvalue weighted by Crippen LogP contribution is 2.56. The van der Waals surface area contributed by atoms with Gasteiger partial charge in [0.15, 0.2) is 0 Å². The maximum Gasteiger partial charge on any atom is -0.0355 e. The first kappa shape index (κ1) is 4.84. The van der Waals surface area contributed by atoms with Crippen LogP contribution in [0.4, 0.5) is 0 Å². The molecule has 0 N–H and O–H groups in total. The summed E-state index contributed by atoms with van der Waals surface area (Å²) in [6, 6.07) is 0. The first-order chi connectivity index (χ1) is 3.92. The second kappa shape index (κ2) is 1.49. The molecule has 0 nitrogen and oxygen atoms in total. The number of hydrogen-bond donors (Lipinski definition) is 0. The van der Waals surface area contributed by atoms with Crippen LogP contribution in [0.1, 0.15) is 32.6 Å². The lowest BCUT2D eigenvalue weighted by Crippen LogP contribution is -1.94. The molecule has 0 heterocycles. The van der Waals surface area contributed by atoms with Crippen LogP contribution in [-0.2, 0) is 0 Å². The smallest absolute Gasteiger partial charge is 0.0355 e. The van der Waals surface area contributed by atoms with E-state index in [0.717, 1.165) is 5.92 Å². The fourth-order valence-corrected chi connectivity index (χ4v) is 2.33. The van der Waals surface area contributed by atoms with E-state index in [-0.39, 0.29) is 0 Å². The Morgan fingerprint density at radius 2 is 2.25 bits per heavy atom. The molecule has 0 heteroatoms. The van der Waals surface area contributed by atoms with Crippen LogP contribution in [0.25, 0.3) is 0 Å². The molecule has 46 valence electrons. The van der Waals surface area contributed by atoms with Gasteiger partial charge in [-0.05, 0) is 37.0 Å². The molecule has 3 atom stereocenters. The monoisotopic (exact) mass is 110 g/mol. The van der Waals surface area contributed by atoms with E-state index in [0.29, 0.717) is 0 Å². The Morgan fingerprint density at radius 1 is 1.38 bits per heavy atom. The molecule has 2 rings (SSSR count). The van der Waals surface area contributed by atoms with Crippen molar-refractivity contribution in [2.24, 2.45) is 17.8 Å². The molecule has 0 amide bonds. The molecule has 2 aliphatic rings. The molecule has 0 aliphatic heterocycles. The molecule has 2 aliphatic carbocycles. The van der Waals surface area contributed by atoms with Gasteiger partial charge in [0, 0.05) is 0 Å². The van der Waals surface area contributed by atoms with Crippen molar-refractivity contribution >= 4 is 0 Å². The zero-order chi connectivity index (χ0) is 5.56. The van der Waals surface area contributed by atoms with E-state index in [9.17, 15) is 0 Å². The molecule has 2 fully saturated rings. The predicted octanol–water partition coefficient (Wildman–Crippen LogP) is 2.44. The fraction of sp³-hybridized carbons (Fsp3) is 1.00. The summed E-state index contributed by atoms with van der Waals surface area (Å²) < 4.78 is 0.